The van der Waals surface area contributed by atoms with Crippen molar-refractivity contribution in [3.63, 3.8) is 0 Å². The Morgan fingerprint density at radius 1 is 1.50 bits per heavy atom. The maximum atomic E-state index is 13.0. The fourth-order valence-corrected chi connectivity index (χ4v) is 0.965. The van der Waals surface area contributed by atoms with Crippen molar-refractivity contribution < 1.29 is 4.39 Å². The molecule has 0 saturated heterocycles. The fraction of sp³-hybridized carbons (Fsp3) is 0.444. The highest BCUT2D eigenvalue weighted by Crippen LogP contribution is 2.14. The Morgan fingerprint density at radius 3 is 2.75 bits per heavy atom. The third-order valence-electron chi connectivity index (χ3n) is 1.44. The number of nitrogens with one attached hydrogen (secondary N) is 1. The van der Waals surface area contributed by atoms with Crippen LogP contribution >= 0.6 is 0 Å². The van der Waals surface area contributed by atoms with Crippen LogP contribution in [0, 0.1) is 12.7 Å². The molecule has 1 aromatic rings. The van der Waals surface area contributed by atoms with Crippen molar-refractivity contribution in [1.82, 2.24) is 4.98 Å². The van der Waals surface area contributed by atoms with E-state index in [0.717, 1.165) is 5.69 Å². The predicted molar refractivity (Wildman–Crippen MR) is 47.7 cm³/mol. The Bertz CT molecular complexity index is 271. The highest BCUT2D eigenvalue weighted by molar-refractivity contribution is 5.45. The summed E-state index contributed by atoms with van der Waals surface area (Å²) in [6.45, 7) is 5.77. The molecule has 0 unspecified atom stereocenters. The minimum Gasteiger partial charge on any atom is -0.380 e. The van der Waals surface area contributed by atoms with Gasteiger partial charge in [-0.15, -0.1) is 0 Å². The molecule has 3 heteroatoms. The van der Waals surface area contributed by atoms with E-state index in [1.54, 1.807) is 6.07 Å². The largest absolute Gasteiger partial charge is 0.380 e. The van der Waals surface area contributed by atoms with Crippen LogP contribution in [-0.4, -0.2) is 11.0 Å². The number of halogens is 1. The van der Waals surface area contributed by atoms with Gasteiger partial charge in [-0.2, -0.15) is 0 Å². The fourth-order valence-electron chi connectivity index (χ4n) is 0.965. The van der Waals surface area contributed by atoms with Crippen LogP contribution in [0.1, 0.15) is 19.5 Å². The first-order valence-electron chi connectivity index (χ1n) is 3.98. The number of hydrogen-bond acceptors (Lipinski definition) is 2. The molecule has 0 aromatic carbocycles. The molecular formula is C9H13FN2. The summed E-state index contributed by atoms with van der Waals surface area (Å²) in [6, 6.07) is 1.94. The first-order valence-corrected chi connectivity index (χ1v) is 3.98. The lowest BCUT2D eigenvalue weighted by Crippen LogP contribution is -2.11. The van der Waals surface area contributed by atoms with Crippen LogP contribution < -0.4 is 5.32 Å². The summed E-state index contributed by atoms with van der Waals surface area (Å²) < 4.78 is 13.0. The molecule has 0 radical (unpaired) electrons. The van der Waals surface area contributed by atoms with Crippen molar-refractivity contribution in [3.8, 4) is 0 Å². The zero-order chi connectivity index (χ0) is 9.14. The second-order valence-corrected chi connectivity index (χ2v) is 3.10. The van der Waals surface area contributed by atoms with Gasteiger partial charge in [-0.25, -0.2) is 4.39 Å². The quantitative estimate of drug-likeness (QED) is 0.733. The number of aromatic nitrogens is 1. The van der Waals surface area contributed by atoms with Gasteiger partial charge in [0.2, 0.25) is 0 Å². The number of rotatable bonds is 2. The summed E-state index contributed by atoms with van der Waals surface area (Å²) in [5.41, 5.74) is 1.34. The minimum atomic E-state index is -0.297. The van der Waals surface area contributed by atoms with Gasteiger partial charge in [0.25, 0.3) is 0 Å². The van der Waals surface area contributed by atoms with Gasteiger partial charge in [-0.3, -0.25) is 4.98 Å². The molecular weight excluding hydrogens is 155 g/mol. The van der Waals surface area contributed by atoms with Gasteiger partial charge in [0.05, 0.1) is 11.9 Å². The molecule has 0 aliphatic rings. The minimum absolute atomic E-state index is 0.237. The lowest BCUT2D eigenvalue weighted by molar-refractivity contribution is 0.620. The predicted octanol–water partition coefficient (Wildman–Crippen LogP) is 2.35. The van der Waals surface area contributed by atoms with Crippen LogP contribution in [0.3, 0.4) is 0 Å². The van der Waals surface area contributed by atoms with E-state index in [1.165, 1.54) is 6.20 Å². The monoisotopic (exact) mass is 168 g/mol. The van der Waals surface area contributed by atoms with Crippen LogP contribution in [0.5, 0.6) is 0 Å². The summed E-state index contributed by atoms with van der Waals surface area (Å²) in [5, 5.41) is 3.00. The number of anilines is 1. The van der Waals surface area contributed by atoms with Crippen molar-refractivity contribution in [3.05, 3.63) is 23.8 Å². The molecule has 0 saturated carbocycles. The van der Waals surface area contributed by atoms with Crippen molar-refractivity contribution in [1.29, 1.82) is 0 Å². The van der Waals surface area contributed by atoms with Gasteiger partial charge in [0, 0.05) is 11.7 Å². The van der Waals surface area contributed by atoms with Crippen LogP contribution in [0.2, 0.25) is 0 Å². The van der Waals surface area contributed by atoms with Crippen LogP contribution in [-0.2, 0) is 0 Å². The van der Waals surface area contributed by atoms with Crippen molar-refractivity contribution >= 4 is 5.69 Å². The van der Waals surface area contributed by atoms with E-state index < -0.39 is 0 Å². The zero-order valence-electron chi connectivity index (χ0n) is 7.56. The molecule has 1 N–H and O–H groups in total. The maximum absolute atomic E-state index is 13.0. The molecule has 1 rings (SSSR count). The van der Waals surface area contributed by atoms with E-state index in [0.29, 0.717) is 5.69 Å². The van der Waals surface area contributed by atoms with Crippen molar-refractivity contribution in [2.45, 2.75) is 26.8 Å². The van der Waals surface area contributed by atoms with E-state index in [1.807, 2.05) is 20.8 Å². The highest BCUT2D eigenvalue weighted by Gasteiger charge is 2.03. The van der Waals surface area contributed by atoms with Crippen LogP contribution in [0.15, 0.2) is 12.3 Å². The molecule has 66 valence electrons. The topological polar surface area (TPSA) is 24.9 Å². The van der Waals surface area contributed by atoms with Gasteiger partial charge in [-0.1, -0.05) is 0 Å². The lowest BCUT2D eigenvalue weighted by Gasteiger charge is -2.10. The Kier molecular flexibility index (Phi) is 2.63. The molecule has 12 heavy (non-hydrogen) atoms. The van der Waals surface area contributed by atoms with E-state index >= 15 is 0 Å². The molecule has 0 aliphatic carbocycles. The molecule has 1 heterocycles. The Morgan fingerprint density at radius 2 is 2.17 bits per heavy atom. The summed E-state index contributed by atoms with van der Waals surface area (Å²) in [4.78, 5) is 3.83. The summed E-state index contributed by atoms with van der Waals surface area (Å²) in [5.74, 6) is -0.297. The lowest BCUT2D eigenvalue weighted by atomic mass is 10.3. The Labute approximate surface area is 71.8 Å². The third-order valence-corrected chi connectivity index (χ3v) is 1.44. The molecule has 0 fully saturated rings. The van der Waals surface area contributed by atoms with Crippen molar-refractivity contribution in [2.75, 3.05) is 5.32 Å². The molecule has 1 aromatic heterocycles. The molecule has 0 aliphatic heterocycles. The molecule has 0 bridgehead atoms. The molecule has 2 nitrogen and oxygen atoms in total. The standard InChI is InChI=1S/C9H13FN2/c1-6(2)12-9-4-7(3)11-5-8(9)10/h4-6H,1-3H3,(H,11,12). The summed E-state index contributed by atoms with van der Waals surface area (Å²) in [7, 11) is 0. The highest BCUT2D eigenvalue weighted by atomic mass is 19.1. The van der Waals surface area contributed by atoms with Crippen LogP contribution in [0.25, 0.3) is 0 Å². The third kappa shape index (κ3) is 2.19. The van der Waals surface area contributed by atoms with Crippen molar-refractivity contribution in [2.24, 2.45) is 0 Å². The summed E-state index contributed by atoms with van der Waals surface area (Å²) >= 11 is 0. The normalized spacial score (nSPS) is 10.4. The number of pyridine rings is 1. The van der Waals surface area contributed by atoms with Gasteiger partial charge in [0.1, 0.15) is 0 Å². The zero-order valence-corrected chi connectivity index (χ0v) is 7.56. The maximum Gasteiger partial charge on any atom is 0.164 e. The van der Waals surface area contributed by atoms with Gasteiger partial charge in [-0.05, 0) is 26.8 Å². The second-order valence-electron chi connectivity index (χ2n) is 3.10. The van der Waals surface area contributed by atoms with E-state index in [-0.39, 0.29) is 11.9 Å². The molecule has 0 spiro atoms. The van der Waals surface area contributed by atoms with E-state index in [9.17, 15) is 4.39 Å². The van der Waals surface area contributed by atoms with Gasteiger partial charge < -0.3 is 5.32 Å². The second kappa shape index (κ2) is 3.52. The average molecular weight is 168 g/mol. The average Bonchev–Trinajstić information content (AvgIpc) is 1.96. The van der Waals surface area contributed by atoms with Gasteiger partial charge in [0.15, 0.2) is 5.82 Å². The van der Waals surface area contributed by atoms with Crippen LogP contribution in [0.4, 0.5) is 10.1 Å². The van der Waals surface area contributed by atoms with E-state index in [4.69, 9.17) is 0 Å². The molecule has 0 amide bonds. The first kappa shape index (κ1) is 8.97. The van der Waals surface area contributed by atoms with Gasteiger partial charge >= 0.3 is 0 Å². The number of aryl methyl sites for hydroxylation is 1. The Balaban J connectivity index is 2.90. The first-order chi connectivity index (χ1) is 5.59. The number of hydrogen-bond donors (Lipinski definition) is 1. The number of nitrogens with zero attached hydrogens (tertiary/aromatic N) is 1. The smallest absolute Gasteiger partial charge is 0.164 e. The molecule has 0 atom stereocenters. The SMILES string of the molecule is Cc1cc(NC(C)C)c(F)cn1. The van der Waals surface area contributed by atoms with E-state index in [2.05, 4.69) is 10.3 Å². The summed E-state index contributed by atoms with van der Waals surface area (Å²) in [6.07, 6.45) is 1.24. The Hall–Kier alpha value is -1.12.